The van der Waals surface area contributed by atoms with Gasteiger partial charge in [-0.1, -0.05) is 12.1 Å². The van der Waals surface area contributed by atoms with Crippen molar-refractivity contribution in [1.29, 1.82) is 0 Å². The Morgan fingerprint density at radius 2 is 2.33 bits per heavy atom. The van der Waals surface area contributed by atoms with Crippen LogP contribution < -0.4 is 4.74 Å². The molecular weight excluding hydrogens is 188 g/mol. The molecule has 3 heteroatoms. The second kappa shape index (κ2) is 4.34. The van der Waals surface area contributed by atoms with E-state index in [0.717, 1.165) is 30.2 Å². The van der Waals surface area contributed by atoms with Gasteiger partial charge in [0.05, 0.1) is 13.2 Å². The van der Waals surface area contributed by atoms with Crippen molar-refractivity contribution in [2.75, 3.05) is 26.7 Å². The van der Waals surface area contributed by atoms with E-state index in [9.17, 15) is 0 Å². The Labute approximate surface area is 90.4 Å². The van der Waals surface area contributed by atoms with E-state index in [-0.39, 0.29) is 0 Å². The van der Waals surface area contributed by atoms with Crippen LogP contribution in [-0.4, -0.2) is 37.5 Å². The summed E-state index contributed by atoms with van der Waals surface area (Å²) in [6.07, 6.45) is 0. The average molecular weight is 204 g/mol. The van der Waals surface area contributed by atoms with Gasteiger partial charge >= 0.3 is 0 Å². The summed E-state index contributed by atoms with van der Waals surface area (Å²) in [4.78, 5) is 6.65. The fraction of sp³-hybridized carbons (Fsp3) is 0.417. The lowest BCUT2D eigenvalue weighted by Gasteiger charge is -2.14. The van der Waals surface area contributed by atoms with Crippen LogP contribution in [0.15, 0.2) is 29.3 Å². The van der Waals surface area contributed by atoms with E-state index in [1.165, 1.54) is 0 Å². The monoisotopic (exact) mass is 204 g/mol. The molecule has 0 N–H and O–H groups in total. The number of hydrogen-bond donors (Lipinski definition) is 0. The maximum absolute atomic E-state index is 5.47. The van der Waals surface area contributed by atoms with Gasteiger partial charge in [0.1, 0.15) is 11.6 Å². The minimum Gasteiger partial charge on any atom is -0.494 e. The van der Waals surface area contributed by atoms with Gasteiger partial charge < -0.3 is 9.64 Å². The first-order chi connectivity index (χ1) is 7.31. The molecule has 0 aromatic heterocycles. The second-order valence-electron chi connectivity index (χ2n) is 3.59. The first kappa shape index (κ1) is 10.0. The molecule has 80 valence electrons. The van der Waals surface area contributed by atoms with Gasteiger partial charge in [-0.2, -0.15) is 0 Å². The predicted octanol–water partition coefficient (Wildman–Crippen LogP) is 1.78. The van der Waals surface area contributed by atoms with Gasteiger partial charge in [0.2, 0.25) is 0 Å². The Kier molecular flexibility index (Phi) is 2.90. The Balaban J connectivity index is 2.24. The highest BCUT2D eigenvalue weighted by molar-refractivity contribution is 5.99. The molecule has 0 bridgehead atoms. The van der Waals surface area contributed by atoms with E-state index in [4.69, 9.17) is 4.74 Å². The molecular formula is C12H16N2O. The molecule has 2 rings (SSSR count). The van der Waals surface area contributed by atoms with Gasteiger partial charge in [-0.15, -0.1) is 0 Å². The molecule has 0 fully saturated rings. The zero-order valence-electron chi connectivity index (χ0n) is 9.23. The Bertz CT molecular complexity index is 374. The number of nitrogens with zero attached hydrogens (tertiary/aromatic N) is 2. The van der Waals surface area contributed by atoms with E-state index < -0.39 is 0 Å². The second-order valence-corrected chi connectivity index (χ2v) is 3.59. The smallest absolute Gasteiger partial charge is 0.130 e. The van der Waals surface area contributed by atoms with E-state index in [2.05, 4.69) is 23.0 Å². The summed E-state index contributed by atoms with van der Waals surface area (Å²) < 4.78 is 5.47. The van der Waals surface area contributed by atoms with E-state index in [1.807, 2.05) is 25.1 Å². The maximum Gasteiger partial charge on any atom is 0.130 e. The van der Waals surface area contributed by atoms with E-state index in [0.29, 0.717) is 6.61 Å². The molecule has 1 heterocycles. The largest absolute Gasteiger partial charge is 0.494 e. The van der Waals surface area contributed by atoms with Crippen LogP contribution in [-0.2, 0) is 0 Å². The Hall–Kier alpha value is -1.51. The topological polar surface area (TPSA) is 24.8 Å². The molecule has 1 aromatic carbocycles. The third-order valence-electron chi connectivity index (χ3n) is 2.46. The summed E-state index contributed by atoms with van der Waals surface area (Å²) in [6.45, 7) is 4.59. The number of benzene rings is 1. The van der Waals surface area contributed by atoms with Crippen LogP contribution in [0.3, 0.4) is 0 Å². The van der Waals surface area contributed by atoms with Gasteiger partial charge in [0.15, 0.2) is 0 Å². The van der Waals surface area contributed by atoms with Crippen molar-refractivity contribution in [3.63, 3.8) is 0 Å². The molecule has 0 radical (unpaired) electrons. The van der Waals surface area contributed by atoms with Gasteiger partial charge in [-0.3, -0.25) is 4.99 Å². The van der Waals surface area contributed by atoms with Gasteiger partial charge in [0.25, 0.3) is 0 Å². The number of amidine groups is 1. The first-order valence-corrected chi connectivity index (χ1v) is 5.30. The molecule has 1 aliphatic rings. The minimum absolute atomic E-state index is 0.700. The minimum atomic E-state index is 0.700. The standard InChI is InChI=1S/C12H16N2O/c1-3-15-11-6-4-5-10(9-11)12-13-7-8-14(12)2/h4-6,9H,3,7-8H2,1-2H3. The summed E-state index contributed by atoms with van der Waals surface area (Å²) >= 11 is 0. The van der Waals surface area contributed by atoms with Crippen LogP contribution in [0.2, 0.25) is 0 Å². The van der Waals surface area contributed by atoms with Crippen molar-refractivity contribution in [2.24, 2.45) is 4.99 Å². The first-order valence-electron chi connectivity index (χ1n) is 5.30. The van der Waals surface area contributed by atoms with Crippen molar-refractivity contribution < 1.29 is 4.74 Å². The summed E-state index contributed by atoms with van der Waals surface area (Å²) in [5, 5.41) is 0. The van der Waals surface area contributed by atoms with Crippen molar-refractivity contribution >= 4 is 5.84 Å². The molecule has 1 aromatic rings. The summed E-state index contributed by atoms with van der Waals surface area (Å²) in [5.74, 6) is 1.98. The number of likely N-dealkylation sites (N-methyl/N-ethyl adjacent to an activating group) is 1. The zero-order chi connectivity index (χ0) is 10.7. The number of rotatable bonds is 3. The third kappa shape index (κ3) is 2.12. The summed E-state index contributed by atoms with van der Waals surface area (Å²) in [7, 11) is 2.07. The molecule has 0 aliphatic carbocycles. The van der Waals surface area contributed by atoms with Crippen LogP contribution >= 0.6 is 0 Å². The van der Waals surface area contributed by atoms with Crippen LogP contribution in [0, 0.1) is 0 Å². The SMILES string of the molecule is CCOc1cccc(C2=NCCN2C)c1. The molecule has 0 spiro atoms. The van der Waals surface area contributed by atoms with Gasteiger partial charge in [-0.25, -0.2) is 0 Å². The normalized spacial score (nSPS) is 15.3. The Morgan fingerprint density at radius 1 is 1.47 bits per heavy atom. The molecule has 0 atom stereocenters. The lowest BCUT2D eigenvalue weighted by Crippen LogP contribution is -2.23. The van der Waals surface area contributed by atoms with Crippen LogP contribution in [0.5, 0.6) is 5.75 Å². The molecule has 15 heavy (non-hydrogen) atoms. The van der Waals surface area contributed by atoms with Crippen LogP contribution in [0.25, 0.3) is 0 Å². The lowest BCUT2D eigenvalue weighted by molar-refractivity contribution is 0.340. The highest BCUT2D eigenvalue weighted by atomic mass is 16.5. The molecule has 0 saturated carbocycles. The molecule has 1 aliphatic heterocycles. The fourth-order valence-electron chi connectivity index (χ4n) is 1.74. The third-order valence-corrected chi connectivity index (χ3v) is 2.46. The molecule has 0 amide bonds. The van der Waals surface area contributed by atoms with Crippen molar-refractivity contribution in [3.05, 3.63) is 29.8 Å². The van der Waals surface area contributed by atoms with Gasteiger partial charge in [0, 0.05) is 19.2 Å². The van der Waals surface area contributed by atoms with Crippen LogP contribution in [0.1, 0.15) is 12.5 Å². The van der Waals surface area contributed by atoms with Gasteiger partial charge in [-0.05, 0) is 19.1 Å². The summed E-state index contributed by atoms with van der Waals surface area (Å²) in [5.41, 5.74) is 1.14. The fourth-order valence-corrected chi connectivity index (χ4v) is 1.74. The predicted molar refractivity (Wildman–Crippen MR) is 61.6 cm³/mol. The number of hydrogen-bond acceptors (Lipinski definition) is 3. The number of aliphatic imine (C=N–C) groups is 1. The van der Waals surface area contributed by atoms with E-state index >= 15 is 0 Å². The Morgan fingerprint density at radius 3 is 3.00 bits per heavy atom. The van der Waals surface area contributed by atoms with Crippen molar-refractivity contribution in [3.8, 4) is 5.75 Å². The molecule has 0 saturated heterocycles. The molecule has 0 unspecified atom stereocenters. The van der Waals surface area contributed by atoms with Crippen molar-refractivity contribution in [2.45, 2.75) is 6.92 Å². The summed E-state index contributed by atoms with van der Waals surface area (Å²) in [6, 6.07) is 8.10. The van der Waals surface area contributed by atoms with Crippen molar-refractivity contribution in [1.82, 2.24) is 4.90 Å². The maximum atomic E-state index is 5.47. The highest BCUT2D eigenvalue weighted by Crippen LogP contribution is 2.16. The number of ether oxygens (including phenoxy) is 1. The average Bonchev–Trinajstić information content (AvgIpc) is 2.65. The molecule has 3 nitrogen and oxygen atoms in total. The van der Waals surface area contributed by atoms with Crippen LogP contribution in [0.4, 0.5) is 0 Å². The lowest BCUT2D eigenvalue weighted by atomic mass is 10.2. The highest BCUT2D eigenvalue weighted by Gasteiger charge is 2.14. The quantitative estimate of drug-likeness (QED) is 0.749. The zero-order valence-corrected chi connectivity index (χ0v) is 9.23. The van der Waals surface area contributed by atoms with E-state index in [1.54, 1.807) is 0 Å².